The SMILES string of the molecule is CCCCNC(=O)C(S)CN. The number of carbonyl (C=O) groups excluding carboxylic acids is 1. The third-order valence-electron chi connectivity index (χ3n) is 1.36. The van der Waals surface area contributed by atoms with Crippen molar-refractivity contribution in [1.82, 2.24) is 5.32 Å². The van der Waals surface area contributed by atoms with Gasteiger partial charge < -0.3 is 11.1 Å². The minimum absolute atomic E-state index is 0.0655. The molecular weight excluding hydrogens is 160 g/mol. The molecule has 0 aromatic carbocycles. The maximum atomic E-state index is 11.0. The van der Waals surface area contributed by atoms with Crippen molar-refractivity contribution in [3.05, 3.63) is 0 Å². The lowest BCUT2D eigenvalue weighted by atomic mass is 10.3. The molecule has 0 heterocycles. The van der Waals surface area contributed by atoms with E-state index in [4.69, 9.17) is 5.73 Å². The predicted octanol–water partition coefficient (Wildman–Crippen LogP) is 0.160. The van der Waals surface area contributed by atoms with Crippen LogP contribution in [0, 0.1) is 0 Å². The molecular formula is C7H16N2OS. The van der Waals surface area contributed by atoms with Crippen molar-refractivity contribution in [2.45, 2.75) is 25.0 Å². The Hall–Kier alpha value is -0.220. The highest BCUT2D eigenvalue weighted by Gasteiger charge is 2.09. The van der Waals surface area contributed by atoms with E-state index in [1.165, 1.54) is 0 Å². The normalized spacial score (nSPS) is 12.6. The Bertz CT molecular complexity index is 119. The van der Waals surface area contributed by atoms with Gasteiger partial charge in [-0.25, -0.2) is 0 Å². The van der Waals surface area contributed by atoms with Crippen LogP contribution in [0.1, 0.15) is 19.8 Å². The van der Waals surface area contributed by atoms with Crippen LogP contribution in [-0.2, 0) is 4.79 Å². The number of thiol groups is 1. The summed E-state index contributed by atoms with van der Waals surface area (Å²) in [6, 6.07) is 0. The Morgan fingerprint density at radius 1 is 1.73 bits per heavy atom. The van der Waals surface area contributed by atoms with Crippen LogP contribution in [0.3, 0.4) is 0 Å². The van der Waals surface area contributed by atoms with Gasteiger partial charge in [0.15, 0.2) is 0 Å². The van der Waals surface area contributed by atoms with E-state index in [-0.39, 0.29) is 11.2 Å². The van der Waals surface area contributed by atoms with Crippen LogP contribution in [0.4, 0.5) is 0 Å². The van der Waals surface area contributed by atoms with Gasteiger partial charge in [0.05, 0.1) is 5.25 Å². The monoisotopic (exact) mass is 176 g/mol. The fourth-order valence-electron chi connectivity index (χ4n) is 0.613. The molecule has 0 aliphatic carbocycles. The molecule has 66 valence electrons. The van der Waals surface area contributed by atoms with Crippen LogP contribution in [0.15, 0.2) is 0 Å². The van der Waals surface area contributed by atoms with Crippen molar-refractivity contribution in [1.29, 1.82) is 0 Å². The third-order valence-corrected chi connectivity index (χ3v) is 1.80. The van der Waals surface area contributed by atoms with Crippen molar-refractivity contribution in [2.75, 3.05) is 13.1 Å². The topological polar surface area (TPSA) is 55.1 Å². The Balaban J connectivity index is 3.36. The molecule has 0 saturated heterocycles. The number of carbonyl (C=O) groups is 1. The highest BCUT2D eigenvalue weighted by atomic mass is 32.1. The summed E-state index contributed by atoms with van der Waals surface area (Å²) < 4.78 is 0. The second-order valence-electron chi connectivity index (χ2n) is 2.40. The molecule has 0 aromatic rings. The minimum Gasteiger partial charge on any atom is -0.355 e. The standard InChI is InChI=1S/C7H16N2OS/c1-2-3-4-9-7(10)6(11)5-8/h6,11H,2-5,8H2,1H3,(H,9,10). The minimum atomic E-state index is -0.355. The average Bonchev–Trinajstić information content (AvgIpc) is 2.03. The van der Waals surface area contributed by atoms with Crippen LogP contribution >= 0.6 is 12.6 Å². The largest absolute Gasteiger partial charge is 0.355 e. The zero-order valence-electron chi connectivity index (χ0n) is 6.84. The number of rotatable bonds is 5. The molecule has 0 radical (unpaired) electrons. The maximum absolute atomic E-state index is 11.0. The van der Waals surface area contributed by atoms with Crippen molar-refractivity contribution in [2.24, 2.45) is 5.73 Å². The molecule has 0 saturated carbocycles. The van der Waals surface area contributed by atoms with Crippen LogP contribution < -0.4 is 11.1 Å². The summed E-state index contributed by atoms with van der Waals surface area (Å²) in [5.74, 6) is -0.0655. The average molecular weight is 176 g/mol. The lowest BCUT2D eigenvalue weighted by molar-refractivity contribution is -0.120. The Morgan fingerprint density at radius 3 is 2.82 bits per heavy atom. The summed E-state index contributed by atoms with van der Waals surface area (Å²) in [5, 5.41) is 2.38. The molecule has 3 N–H and O–H groups in total. The Kier molecular flexibility index (Phi) is 6.36. The molecule has 0 bridgehead atoms. The number of hydrogen-bond donors (Lipinski definition) is 3. The molecule has 0 aromatic heterocycles. The number of unbranched alkanes of at least 4 members (excludes halogenated alkanes) is 1. The smallest absolute Gasteiger partial charge is 0.234 e. The van der Waals surface area contributed by atoms with Gasteiger partial charge in [0.25, 0.3) is 0 Å². The lowest BCUT2D eigenvalue weighted by Gasteiger charge is -2.07. The summed E-state index contributed by atoms with van der Waals surface area (Å²) in [5.41, 5.74) is 5.24. The van der Waals surface area contributed by atoms with Crippen LogP contribution in [0.25, 0.3) is 0 Å². The van der Waals surface area contributed by atoms with Gasteiger partial charge in [-0.1, -0.05) is 13.3 Å². The van der Waals surface area contributed by atoms with Gasteiger partial charge in [-0.05, 0) is 6.42 Å². The van der Waals surface area contributed by atoms with E-state index in [0.717, 1.165) is 19.4 Å². The first-order valence-corrected chi connectivity index (χ1v) is 4.39. The highest BCUT2D eigenvalue weighted by Crippen LogP contribution is 1.91. The van der Waals surface area contributed by atoms with Crippen LogP contribution in [0.2, 0.25) is 0 Å². The molecule has 4 heteroatoms. The van der Waals surface area contributed by atoms with Crippen molar-refractivity contribution >= 4 is 18.5 Å². The highest BCUT2D eigenvalue weighted by molar-refractivity contribution is 7.81. The quantitative estimate of drug-likeness (QED) is 0.413. The van der Waals surface area contributed by atoms with E-state index < -0.39 is 0 Å². The first-order chi connectivity index (χ1) is 5.22. The van der Waals surface area contributed by atoms with Crippen molar-refractivity contribution in [3.63, 3.8) is 0 Å². The maximum Gasteiger partial charge on any atom is 0.234 e. The number of amides is 1. The van der Waals surface area contributed by atoms with Gasteiger partial charge in [0.2, 0.25) is 5.91 Å². The fraction of sp³-hybridized carbons (Fsp3) is 0.857. The van der Waals surface area contributed by atoms with E-state index in [0.29, 0.717) is 6.54 Å². The molecule has 3 nitrogen and oxygen atoms in total. The summed E-state index contributed by atoms with van der Waals surface area (Å²) >= 11 is 3.99. The lowest BCUT2D eigenvalue weighted by Crippen LogP contribution is -2.36. The summed E-state index contributed by atoms with van der Waals surface area (Å²) in [6.07, 6.45) is 2.09. The second-order valence-corrected chi connectivity index (χ2v) is 3.02. The number of hydrogen-bond acceptors (Lipinski definition) is 3. The molecule has 0 spiro atoms. The van der Waals surface area contributed by atoms with Gasteiger partial charge in [-0.3, -0.25) is 4.79 Å². The number of nitrogens with two attached hydrogens (primary N) is 1. The molecule has 1 atom stereocenters. The van der Waals surface area contributed by atoms with Gasteiger partial charge in [0.1, 0.15) is 0 Å². The summed E-state index contributed by atoms with van der Waals surface area (Å²) in [4.78, 5) is 11.0. The first kappa shape index (κ1) is 10.8. The second kappa shape index (κ2) is 6.49. The van der Waals surface area contributed by atoms with E-state index in [9.17, 15) is 4.79 Å². The molecule has 0 aliphatic rings. The molecule has 11 heavy (non-hydrogen) atoms. The predicted molar refractivity (Wildman–Crippen MR) is 49.7 cm³/mol. The molecule has 1 unspecified atom stereocenters. The van der Waals surface area contributed by atoms with Gasteiger partial charge >= 0.3 is 0 Å². The van der Waals surface area contributed by atoms with Crippen LogP contribution in [0.5, 0.6) is 0 Å². The van der Waals surface area contributed by atoms with E-state index in [1.807, 2.05) is 0 Å². The Morgan fingerprint density at radius 2 is 2.36 bits per heavy atom. The Labute approximate surface area is 73.1 Å². The van der Waals surface area contributed by atoms with Crippen molar-refractivity contribution in [3.8, 4) is 0 Å². The van der Waals surface area contributed by atoms with E-state index >= 15 is 0 Å². The first-order valence-electron chi connectivity index (χ1n) is 3.88. The van der Waals surface area contributed by atoms with Crippen LogP contribution in [-0.4, -0.2) is 24.2 Å². The van der Waals surface area contributed by atoms with E-state index in [1.54, 1.807) is 0 Å². The summed E-state index contributed by atoms with van der Waals surface area (Å²) in [6.45, 7) is 3.10. The fourth-order valence-corrected chi connectivity index (χ4v) is 0.705. The summed E-state index contributed by atoms with van der Waals surface area (Å²) in [7, 11) is 0. The van der Waals surface area contributed by atoms with Gasteiger partial charge in [0, 0.05) is 13.1 Å². The molecule has 1 amide bonds. The third kappa shape index (κ3) is 5.09. The zero-order chi connectivity index (χ0) is 8.69. The molecule has 0 rings (SSSR count). The number of nitrogens with one attached hydrogen (secondary N) is 1. The van der Waals surface area contributed by atoms with Gasteiger partial charge in [-0.2, -0.15) is 12.6 Å². The van der Waals surface area contributed by atoms with E-state index in [2.05, 4.69) is 24.9 Å². The van der Waals surface area contributed by atoms with Gasteiger partial charge in [-0.15, -0.1) is 0 Å². The molecule has 0 aliphatic heterocycles. The van der Waals surface area contributed by atoms with Crippen molar-refractivity contribution < 1.29 is 4.79 Å². The zero-order valence-corrected chi connectivity index (χ0v) is 7.73. The molecule has 0 fully saturated rings.